The minimum absolute atomic E-state index is 0. The summed E-state index contributed by atoms with van der Waals surface area (Å²) in [6, 6.07) is 40.1. The van der Waals surface area contributed by atoms with Crippen LogP contribution < -0.4 is 0 Å². The molecule has 4 aliphatic heterocycles. The van der Waals surface area contributed by atoms with Gasteiger partial charge in [0.15, 0.2) is 32.0 Å². The van der Waals surface area contributed by atoms with Crippen molar-refractivity contribution in [2.24, 2.45) is 0 Å². The average molecular weight is 1670 g/mol. The molecule has 570 valence electrons. The molecule has 4 saturated heterocycles. The predicted octanol–water partition coefficient (Wildman–Crippen LogP) is 17.7. The molecule has 9 rings (SSSR count). The zero-order valence-corrected chi connectivity index (χ0v) is 64.6. The van der Waals surface area contributed by atoms with Gasteiger partial charge in [-0.15, -0.1) is 85.5 Å². The Kier molecular flexibility index (Phi) is 58.3. The Morgan fingerprint density at radius 3 is 1.11 bits per heavy atom. The highest BCUT2D eigenvalue weighted by atomic mass is 35.5. The number of epoxide rings is 2. The Morgan fingerprint density at radius 1 is 0.515 bits per heavy atom. The molecule has 5 aromatic rings. The predicted molar refractivity (Wildman–Crippen MR) is 424 cm³/mol. The number of ether oxygens (including phenoxy) is 4. The summed E-state index contributed by atoms with van der Waals surface area (Å²) in [5.41, 5.74) is 13.3. The van der Waals surface area contributed by atoms with Crippen molar-refractivity contribution in [3.05, 3.63) is 202 Å². The van der Waals surface area contributed by atoms with Gasteiger partial charge in [-0.3, -0.25) is 13.5 Å². The summed E-state index contributed by atoms with van der Waals surface area (Å²) < 4.78 is 102. The monoisotopic (exact) mass is 1660 g/mol. The molecule has 4 aliphatic rings. The number of hydrogen-bond donors (Lipinski definition) is 2. The molecule has 0 saturated carbocycles. The quantitative estimate of drug-likeness (QED) is 0.00414. The molecular weight excluding hydrogens is 1570 g/mol. The fourth-order valence-electron chi connectivity index (χ4n) is 7.92. The molecule has 0 aromatic heterocycles. The highest BCUT2D eigenvalue weighted by molar-refractivity contribution is 7.98. The number of rotatable bonds is 30. The molecule has 2 atom stereocenters. The van der Waals surface area contributed by atoms with Crippen LogP contribution in [-0.4, -0.2) is 133 Å². The van der Waals surface area contributed by atoms with Gasteiger partial charge in [0.1, 0.15) is 59.9 Å². The van der Waals surface area contributed by atoms with E-state index in [9.17, 15) is 34.8 Å². The van der Waals surface area contributed by atoms with Gasteiger partial charge in [0.25, 0.3) is 0 Å². The number of carbonyl (C=O) groups is 2. The Morgan fingerprint density at radius 2 is 0.832 bits per heavy atom. The van der Waals surface area contributed by atoms with Crippen molar-refractivity contribution in [1.82, 2.24) is 0 Å². The van der Waals surface area contributed by atoms with E-state index in [-0.39, 0.29) is 67.0 Å². The summed E-state index contributed by atoms with van der Waals surface area (Å²) in [5.74, 6) is 10.8. The van der Waals surface area contributed by atoms with Crippen molar-refractivity contribution in [3.63, 3.8) is 0 Å². The van der Waals surface area contributed by atoms with Gasteiger partial charge in [0, 0.05) is 75.6 Å². The first-order valence-electron chi connectivity index (χ1n) is 30.4. The van der Waals surface area contributed by atoms with Crippen molar-refractivity contribution < 1.29 is 81.3 Å². The molecule has 2 N–H and O–H groups in total. The van der Waals surface area contributed by atoms with Crippen LogP contribution in [-0.2, 0) is 151 Å². The summed E-state index contributed by atoms with van der Waals surface area (Å²) in [7, 11) is -9.85. The second-order valence-corrected chi connectivity index (χ2v) is 33.2. The summed E-state index contributed by atoms with van der Waals surface area (Å²) in [6.07, 6.45) is 8.27. The largest absolute Gasteiger partial charge is 0.462 e. The Balaban J connectivity index is 0. The fourth-order valence-corrected chi connectivity index (χ4v) is 16.5. The highest BCUT2D eigenvalue weighted by Gasteiger charge is 2.41. The average Bonchev–Trinajstić information content (AvgIpc) is 1.70. The topological polar surface area (TPSA) is 257 Å². The van der Waals surface area contributed by atoms with Gasteiger partial charge in [0.2, 0.25) is 0 Å². The third kappa shape index (κ3) is 50.1. The molecule has 31 heteroatoms. The number of halogens is 7. The highest BCUT2D eigenvalue weighted by Crippen LogP contribution is 2.26. The van der Waals surface area contributed by atoms with E-state index in [1.165, 1.54) is 71.3 Å². The zero-order valence-electron chi connectivity index (χ0n) is 54.4. The molecule has 4 heterocycles. The number of alkyl halides is 7. The minimum atomic E-state index is -4.43. The second-order valence-electron chi connectivity index (χ2n) is 20.9. The third-order valence-corrected chi connectivity index (χ3v) is 24.1. The number of esters is 2. The van der Waals surface area contributed by atoms with Gasteiger partial charge in [-0.25, -0.2) is 31.1 Å². The van der Waals surface area contributed by atoms with Crippen molar-refractivity contribution >= 4 is 157 Å². The molecule has 4 fully saturated rings. The fraction of sp³-hybridized carbons (Fsp3) is 0.457. The first-order chi connectivity index (χ1) is 46.9. The Labute approximate surface area is 646 Å². The molecule has 0 spiro atoms. The zero-order chi connectivity index (χ0) is 72.6. The van der Waals surface area contributed by atoms with Crippen LogP contribution in [0.25, 0.3) is 11.1 Å². The summed E-state index contributed by atoms with van der Waals surface area (Å²) in [4.78, 5) is 21.0. The number of sulfone groups is 2. The van der Waals surface area contributed by atoms with E-state index in [1.807, 2.05) is 42.5 Å². The van der Waals surface area contributed by atoms with Crippen LogP contribution in [0.2, 0.25) is 0 Å². The standard InChI is InChI=1S/C16H24S2.C14H12Cl2.C9H9Cl3.C8H8Cl2.C8H12O4.C6H10O4S2.C4H6O2.C2H6O8S2.3CH4/c1-2-10-17(9-1)13-15-5-7-16(8-6-15)14-18-11-3-4-12-18;15-9-11-1-5-13(6-2-11)14-7-3-12(10-16)4-8-14;10-4-7-1-8(5-11)3-9(2-7)6-12;9-5-7-1-2-8(6-10)4-3-7;1-3-7(9)11-5-6-12-8(10)4-2;1-3-11(7,8)5-6-12(9,10)4-2;1-3(5-1)4-2-6-4;3-9-10-11-7-1-2-8-12(4,5)6;;;/h5-8H,1-4,9-14H2;1-8H,9-10H2;1-3H,4-6H2;1-4H,5-6H2;3H,1,4-6H2,2H3;3-4H,1-2,5-6H2;3-4H,1-2H2;3H,1-2H2,(H,4,5,6);3*1H4/q+2;;;;;;;;;;. The van der Waals surface area contributed by atoms with Gasteiger partial charge in [-0.1, -0.05) is 169 Å². The second kappa shape index (κ2) is 59.0. The van der Waals surface area contributed by atoms with E-state index in [2.05, 4.69) is 120 Å². The Bertz CT molecular complexity index is 3170. The number of benzene rings is 5. The van der Waals surface area contributed by atoms with Crippen molar-refractivity contribution in [2.45, 2.75) is 126 Å². The summed E-state index contributed by atoms with van der Waals surface area (Å²) in [6.45, 7) is 12.5. The molecule has 101 heavy (non-hydrogen) atoms. The molecule has 0 amide bonds. The van der Waals surface area contributed by atoms with Gasteiger partial charge in [-0.05, 0) is 97.5 Å². The molecule has 5 aromatic carbocycles. The Hall–Kier alpha value is -3.13. The van der Waals surface area contributed by atoms with E-state index < -0.39 is 47.5 Å². The lowest BCUT2D eigenvalue weighted by Gasteiger charge is -2.04. The number of hydrogen-bond acceptors (Lipinski definition) is 18. The first kappa shape index (κ1) is 99.9. The third-order valence-electron chi connectivity index (χ3n) is 13.3. The normalized spacial score (nSPS) is 14.7. The smallest absolute Gasteiger partial charge is 0.397 e. The van der Waals surface area contributed by atoms with Crippen LogP contribution in [0.1, 0.15) is 111 Å². The minimum Gasteiger partial charge on any atom is -0.462 e. The molecule has 0 aliphatic carbocycles. The lowest BCUT2D eigenvalue weighted by atomic mass is 10.0. The number of carbonyl (C=O) groups excluding carboxylic acids is 2. The van der Waals surface area contributed by atoms with Crippen LogP contribution in [0.15, 0.2) is 152 Å². The molecule has 0 radical (unpaired) electrons. The van der Waals surface area contributed by atoms with Crippen LogP contribution in [0.3, 0.4) is 0 Å². The maximum atomic E-state index is 10.7. The van der Waals surface area contributed by atoms with Crippen molar-refractivity contribution in [3.8, 4) is 11.1 Å². The van der Waals surface area contributed by atoms with E-state index >= 15 is 0 Å². The lowest BCUT2D eigenvalue weighted by molar-refractivity contribution is -0.434. The molecule has 2 unspecified atom stereocenters. The van der Waals surface area contributed by atoms with Crippen LogP contribution in [0.4, 0.5) is 0 Å². The van der Waals surface area contributed by atoms with Gasteiger partial charge in [-0.2, -0.15) is 8.42 Å². The SMILES string of the molecule is C.C.C.C1OC1C1CO1.C=CC(=O)OCCOC(=O)CC.C=CS(=O)(=O)CCS(=O)(=O)C=C.ClCc1cc(CCl)cc(CCl)c1.ClCc1ccc(-c2ccc(CCl)cc2)cc1.ClCc1ccc(CCl)cc1.O=S(=O)(O)OCCOSOOO.c1cc(C[S+]2CCCC2)ccc1C[S+]1CCCC1. The summed E-state index contributed by atoms with van der Waals surface area (Å²) in [5, 5.41) is 12.2. The van der Waals surface area contributed by atoms with Gasteiger partial charge >= 0.3 is 22.3 Å². The molecule has 18 nitrogen and oxygen atoms in total. The van der Waals surface area contributed by atoms with Crippen LogP contribution >= 0.6 is 93.5 Å². The van der Waals surface area contributed by atoms with Gasteiger partial charge < -0.3 is 18.9 Å². The maximum Gasteiger partial charge on any atom is 0.397 e. The van der Waals surface area contributed by atoms with E-state index in [1.54, 1.807) is 18.1 Å². The first-order valence-corrected chi connectivity index (χ1v) is 43.0. The van der Waals surface area contributed by atoms with Crippen LogP contribution in [0.5, 0.6) is 0 Å². The maximum absolute atomic E-state index is 10.7. The molecule has 0 bridgehead atoms. The van der Waals surface area contributed by atoms with E-state index in [0.29, 0.717) is 81.6 Å². The van der Waals surface area contributed by atoms with Crippen LogP contribution in [0, 0.1) is 0 Å². The van der Waals surface area contributed by atoms with Gasteiger partial charge in [0.05, 0.1) is 37.9 Å². The van der Waals surface area contributed by atoms with E-state index in [4.69, 9.17) is 100 Å². The van der Waals surface area contributed by atoms with Crippen molar-refractivity contribution in [2.75, 3.05) is 74.2 Å². The summed E-state index contributed by atoms with van der Waals surface area (Å²) >= 11 is 40.1. The molecular formula is C70H99Cl7O18S6+2. The lowest BCUT2D eigenvalue weighted by Crippen LogP contribution is -2.13. The van der Waals surface area contributed by atoms with Crippen molar-refractivity contribution in [1.29, 1.82) is 0 Å². The van der Waals surface area contributed by atoms with E-state index in [0.717, 1.165) is 69.1 Å².